The van der Waals surface area contributed by atoms with E-state index in [1.165, 1.54) is 0 Å². The number of rotatable bonds is 4. The summed E-state index contributed by atoms with van der Waals surface area (Å²) in [6.45, 7) is 7.67. The van der Waals surface area contributed by atoms with Crippen LogP contribution < -0.4 is 0 Å². The Labute approximate surface area is 136 Å². The lowest BCUT2D eigenvalue weighted by atomic mass is 10.1. The van der Waals surface area contributed by atoms with Gasteiger partial charge >= 0.3 is 0 Å². The summed E-state index contributed by atoms with van der Waals surface area (Å²) in [5.74, 6) is 1.11. The maximum Gasteiger partial charge on any atom is 0.122 e. The third-order valence-electron chi connectivity index (χ3n) is 4.30. The fraction of sp³-hybridized carbons (Fsp3) is 0.471. The molecule has 1 fully saturated rings. The van der Waals surface area contributed by atoms with Gasteiger partial charge in [-0.2, -0.15) is 0 Å². The average Bonchev–Trinajstić information content (AvgIpc) is 2.97. The highest BCUT2D eigenvalue weighted by atomic mass is 35.5. The van der Waals surface area contributed by atoms with Crippen LogP contribution in [-0.2, 0) is 17.8 Å². The van der Waals surface area contributed by atoms with Crippen molar-refractivity contribution in [3.63, 3.8) is 0 Å². The first kappa shape index (κ1) is 15.5. The van der Waals surface area contributed by atoms with Crippen molar-refractivity contribution in [1.82, 2.24) is 14.5 Å². The molecule has 22 heavy (non-hydrogen) atoms. The molecule has 2 unspecified atom stereocenters. The molecule has 1 saturated heterocycles. The van der Waals surface area contributed by atoms with E-state index in [-0.39, 0.29) is 6.10 Å². The second-order valence-corrected chi connectivity index (χ2v) is 6.16. The predicted octanol–water partition coefficient (Wildman–Crippen LogP) is 3.52. The molecule has 0 aliphatic carbocycles. The maximum absolute atomic E-state index is 6.32. The number of imidazole rings is 1. The Morgan fingerprint density at radius 1 is 1.36 bits per heavy atom. The summed E-state index contributed by atoms with van der Waals surface area (Å²) in [6.07, 6.45) is 3.93. The minimum atomic E-state index is 0.0231. The quantitative estimate of drug-likeness (QED) is 0.864. The van der Waals surface area contributed by atoms with Gasteiger partial charge in [-0.25, -0.2) is 4.98 Å². The number of aromatic nitrogens is 2. The SMILES string of the molecule is CCn1ccnc1CN1CC(c2ccccc2Cl)OCC1C. The number of hydrogen-bond donors (Lipinski definition) is 0. The molecule has 0 amide bonds. The largest absolute Gasteiger partial charge is 0.371 e. The summed E-state index contributed by atoms with van der Waals surface area (Å²) in [6, 6.07) is 8.31. The zero-order chi connectivity index (χ0) is 15.5. The zero-order valence-corrected chi connectivity index (χ0v) is 13.8. The second-order valence-electron chi connectivity index (χ2n) is 5.75. The van der Waals surface area contributed by atoms with Crippen LogP contribution in [0.2, 0.25) is 5.02 Å². The first-order valence-electron chi connectivity index (χ1n) is 7.79. The number of benzene rings is 1. The van der Waals surface area contributed by atoms with Crippen molar-refractivity contribution in [3.8, 4) is 0 Å². The summed E-state index contributed by atoms with van der Waals surface area (Å²) < 4.78 is 8.20. The van der Waals surface area contributed by atoms with Crippen LogP contribution >= 0.6 is 11.6 Å². The Hall–Kier alpha value is -1.36. The highest BCUT2D eigenvalue weighted by Gasteiger charge is 2.28. The first-order chi connectivity index (χ1) is 10.7. The van der Waals surface area contributed by atoms with Crippen molar-refractivity contribution in [1.29, 1.82) is 0 Å². The van der Waals surface area contributed by atoms with Crippen LogP contribution in [0.5, 0.6) is 0 Å². The summed E-state index contributed by atoms with van der Waals surface area (Å²) in [4.78, 5) is 6.91. The molecule has 118 valence electrons. The highest BCUT2D eigenvalue weighted by molar-refractivity contribution is 6.31. The van der Waals surface area contributed by atoms with Gasteiger partial charge in [0.15, 0.2) is 0 Å². The van der Waals surface area contributed by atoms with Gasteiger partial charge in [0.05, 0.1) is 19.3 Å². The van der Waals surface area contributed by atoms with Crippen LogP contribution in [0.3, 0.4) is 0 Å². The molecule has 1 aliphatic rings. The topological polar surface area (TPSA) is 30.3 Å². The van der Waals surface area contributed by atoms with Crippen molar-refractivity contribution in [2.45, 2.75) is 39.1 Å². The van der Waals surface area contributed by atoms with Gasteiger partial charge in [-0.05, 0) is 19.9 Å². The van der Waals surface area contributed by atoms with Crippen molar-refractivity contribution in [2.75, 3.05) is 13.2 Å². The van der Waals surface area contributed by atoms with Gasteiger partial charge in [0, 0.05) is 42.1 Å². The molecule has 0 N–H and O–H groups in total. The summed E-state index contributed by atoms with van der Waals surface area (Å²) >= 11 is 6.32. The van der Waals surface area contributed by atoms with Crippen molar-refractivity contribution in [2.24, 2.45) is 0 Å². The molecule has 3 rings (SSSR count). The zero-order valence-electron chi connectivity index (χ0n) is 13.1. The highest BCUT2D eigenvalue weighted by Crippen LogP contribution is 2.30. The van der Waals surface area contributed by atoms with Gasteiger partial charge in [0.25, 0.3) is 0 Å². The average molecular weight is 320 g/mol. The van der Waals surface area contributed by atoms with Crippen LogP contribution in [0.4, 0.5) is 0 Å². The Kier molecular flexibility index (Phi) is 4.81. The van der Waals surface area contributed by atoms with Crippen molar-refractivity contribution < 1.29 is 4.74 Å². The lowest BCUT2D eigenvalue weighted by molar-refractivity contribution is -0.0643. The van der Waals surface area contributed by atoms with E-state index >= 15 is 0 Å². The molecule has 5 heteroatoms. The molecule has 0 bridgehead atoms. The maximum atomic E-state index is 6.32. The number of nitrogens with zero attached hydrogens (tertiary/aromatic N) is 3. The van der Waals surface area contributed by atoms with Gasteiger partial charge in [-0.15, -0.1) is 0 Å². The minimum Gasteiger partial charge on any atom is -0.371 e. The number of aryl methyl sites for hydroxylation is 1. The lowest BCUT2D eigenvalue weighted by Crippen LogP contribution is -2.44. The third-order valence-corrected chi connectivity index (χ3v) is 4.65. The molecule has 1 aromatic heterocycles. The second kappa shape index (κ2) is 6.82. The van der Waals surface area contributed by atoms with E-state index in [4.69, 9.17) is 16.3 Å². The number of ether oxygens (including phenoxy) is 1. The van der Waals surface area contributed by atoms with Crippen molar-refractivity contribution in [3.05, 3.63) is 53.1 Å². The van der Waals surface area contributed by atoms with Crippen LogP contribution in [-0.4, -0.2) is 33.6 Å². The van der Waals surface area contributed by atoms with E-state index in [0.29, 0.717) is 12.6 Å². The van der Waals surface area contributed by atoms with E-state index in [9.17, 15) is 0 Å². The van der Waals surface area contributed by atoms with Gasteiger partial charge < -0.3 is 9.30 Å². The van der Waals surface area contributed by atoms with Gasteiger partial charge in [-0.1, -0.05) is 29.8 Å². The number of halogens is 1. The molecular weight excluding hydrogens is 298 g/mol. The summed E-state index contributed by atoms with van der Waals surface area (Å²) in [5, 5.41) is 0.775. The van der Waals surface area contributed by atoms with Gasteiger partial charge in [0.2, 0.25) is 0 Å². The van der Waals surface area contributed by atoms with E-state index in [0.717, 1.165) is 36.0 Å². The Bertz CT molecular complexity index is 628. The smallest absolute Gasteiger partial charge is 0.122 e. The van der Waals surface area contributed by atoms with Crippen molar-refractivity contribution >= 4 is 11.6 Å². The fourth-order valence-electron chi connectivity index (χ4n) is 2.91. The van der Waals surface area contributed by atoms with Crippen LogP contribution in [0.15, 0.2) is 36.7 Å². The first-order valence-corrected chi connectivity index (χ1v) is 8.17. The van der Waals surface area contributed by atoms with Gasteiger partial charge in [0.1, 0.15) is 5.82 Å². The Balaban J connectivity index is 1.75. The molecule has 0 radical (unpaired) electrons. The molecule has 2 aromatic rings. The molecule has 2 heterocycles. The normalized spacial score (nSPS) is 22.9. The Morgan fingerprint density at radius 3 is 2.95 bits per heavy atom. The Morgan fingerprint density at radius 2 is 2.18 bits per heavy atom. The molecule has 1 aliphatic heterocycles. The summed E-state index contributed by atoms with van der Waals surface area (Å²) in [7, 11) is 0. The molecular formula is C17H22ClN3O. The third kappa shape index (κ3) is 3.19. The number of hydrogen-bond acceptors (Lipinski definition) is 3. The van der Waals surface area contributed by atoms with E-state index in [1.807, 2.05) is 36.7 Å². The summed E-state index contributed by atoms with van der Waals surface area (Å²) in [5.41, 5.74) is 1.07. The van der Waals surface area contributed by atoms with Crippen LogP contribution in [0.1, 0.15) is 31.3 Å². The van der Waals surface area contributed by atoms with Crippen LogP contribution in [0.25, 0.3) is 0 Å². The fourth-order valence-corrected chi connectivity index (χ4v) is 3.17. The molecule has 0 spiro atoms. The van der Waals surface area contributed by atoms with E-state index in [1.54, 1.807) is 0 Å². The monoisotopic (exact) mass is 319 g/mol. The molecule has 1 aromatic carbocycles. The van der Waals surface area contributed by atoms with Gasteiger partial charge in [-0.3, -0.25) is 4.90 Å². The number of morpholine rings is 1. The standard InChI is InChI=1S/C17H22ClN3O/c1-3-20-9-8-19-17(20)11-21-10-16(22-12-13(21)2)14-6-4-5-7-15(14)18/h4-9,13,16H,3,10-12H2,1-2H3. The molecule has 4 nitrogen and oxygen atoms in total. The van der Waals surface area contributed by atoms with Crippen LogP contribution in [0, 0.1) is 0 Å². The lowest BCUT2D eigenvalue weighted by Gasteiger charge is -2.38. The van der Waals surface area contributed by atoms with E-state index in [2.05, 4.69) is 28.3 Å². The molecule has 0 saturated carbocycles. The minimum absolute atomic E-state index is 0.0231. The predicted molar refractivity (Wildman–Crippen MR) is 87.9 cm³/mol. The molecule has 2 atom stereocenters. The van der Waals surface area contributed by atoms with E-state index < -0.39 is 0 Å².